The molecule has 10 heteroatoms. The van der Waals surface area contributed by atoms with Gasteiger partial charge >= 0.3 is 6.09 Å². The van der Waals surface area contributed by atoms with E-state index in [0.29, 0.717) is 30.1 Å². The standard InChI is InChI=1S/C23H22N4O3S3/c1-14-13-32-21(26-14)11-25-23(29)30-12-15-4-6-17-18(10-24)22(33-19(17)9-15)27-20(28)7-5-16-3-2-8-31-16/h2-3,5,7-8,13,15H,4,6,9,11-12H2,1H3,(H,25,29)(H,27,28)/b7-5+. The van der Waals surface area contributed by atoms with Crippen molar-refractivity contribution in [2.24, 2.45) is 5.92 Å². The zero-order valence-corrected chi connectivity index (χ0v) is 20.4. The molecule has 1 aliphatic carbocycles. The van der Waals surface area contributed by atoms with Crippen molar-refractivity contribution in [3.05, 3.63) is 60.6 Å². The van der Waals surface area contributed by atoms with Gasteiger partial charge in [0.05, 0.1) is 18.7 Å². The van der Waals surface area contributed by atoms with E-state index in [1.165, 1.54) is 28.7 Å². The fraction of sp³-hybridized carbons (Fsp3) is 0.304. The number of thiophene rings is 2. The average molecular weight is 499 g/mol. The second-order valence-electron chi connectivity index (χ2n) is 7.60. The summed E-state index contributed by atoms with van der Waals surface area (Å²) in [6.07, 6.45) is 5.05. The normalized spacial score (nSPS) is 15.1. The quantitative estimate of drug-likeness (QED) is 0.440. The van der Waals surface area contributed by atoms with Crippen molar-refractivity contribution < 1.29 is 14.3 Å². The van der Waals surface area contributed by atoms with Crippen molar-refractivity contribution in [2.75, 3.05) is 11.9 Å². The van der Waals surface area contributed by atoms with E-state index in [1.54, 1.807) is 17.4 Å². The summed E-state index contributed by atoms with van der Waals surface area (Å²) in [7, 11) is 0. The third kappa shape index (κ3) is 6.07. The van der Waals surface area contributed by atoms with E-state index < -0.39 is 6.09 Å². The van der Waals surface area contributed by atoms with Gasteiger partial charge in [-0.15, -0.1) is 34.0 Å². The molecule has 1 atom stereocenters. The van der Waals surface area contributed by atoms with E-state index in [-0.39, 0.29) is 11.8 Å². The lowest BCUT2D eigenvalue weighted by Gasteiger charge is -2.21. The zero-order valence-electron chi connectivity index (χ0n) is 17.9. The number of nitrogens with zero attached hydrogens (tertiary/aromatic N) is 2. The van der Waals surface area contributed by atoms with Gasteiger partial charge in [-0.25, -0.2) is 9.78 Å². The van der Waals surface area contributed by atoms with Gasteiger partial charge in [0.1, 0.15) is 16.1 Å². The van der Waals surface area contributed by atoms with Crippen LogP contribution in [-0.2, 0) is 28.9 Å². The molecule has 1 aliphatic rings. The predicted octanol–water partition coefficient (Wildman–Crippen LogP) is 5.13. The number of ether oxygens (including phenoxy) is 1. The highest BCUT2D eigenvalue weighted by atomic mass is 32.1. The lowest BCUT2D eigenvalue weighted by Crippen LogP contribution is -2.27. The minimum Gasteiger partial charge on any atom is -0.449 e. The monoisotopic (exact) mass is 498 g/mol. The van der Waals surface area contributed by atoms with E-state index in [1.807, 2.05) is 29.8 Å². The van der Waals surface area contributed by atoms with Crippen LogP contribution in [-0.4, -0.2) is 23.6 Å². The van der Waals surface area contributed by atoms with Crippen LogP contribution in [0.15, 0.2) is 29.0 Å². The molecule has 1 unspecified atom stereocenters. The number of aromatic nitrogens is 1. The van der Waals surface area contributed by atoms with Gasteiger partial charge in [-0.05, 0) is 55.2 Å². The number of carbonyl (C=O) groups is 2. The van der Waals surface area contributed by atoms with E-state index in [9.17, 15) is 14.9 Å². The largest absolute Gasteiger partial charge is 0.449 e. The first-order valence-corrected chi connectivity index (χ1v) is 13.0. The van der Waals surface area contributed by atoms with Gasteiger partial charge in [0, 0.05) is 26.9 Å². The maximum atomic E-state index is 12.3. The fourth-order valence-electron chi connectivity index (χ4n) is 3.58. The maximum Gasteiger partial charge on any atom is 0.407 e. The Hall–Kier alpha value is -3.00. The first-order valence-electron chi connectivity index (χ1n) is 10.4. The lowest BCUT2D eigenvalue weighted by molar-refractivity contribution is -0.111. The number of hydrogen-bond acceptors (Lipinski definition) is 8. The molecule has 0 bridgehead atoms. The van der Waals surface area contributed by atoms with Crippen LogP contribution in [0.25, 0.3) is 6.08 Å². The smallest absolute Gasteiger partial charge is 0.407 e. The van der Waals surface area contributed by atoms with Crippen molar-refractivity contribution in [3.63, 3.8) is 0 Å². The molecule has 0 aliphatic heterocycles. The van der Waals surface area contributed by atoms with Gasteiger partial charge in [0.15, 0.2) is 0 Å². The third-order valence-corrected chi connectivity index (χ3v) is 8.13. The molecular formula is C23H22N4O3S3. The van der Waals surface area contributed by atoms with Gasteiger partial charge in [-0.1, -0.05) is 6.07 Å². The molecular weight excluding hydrogens is 476 g/mol. The number of aryl methyl sites for hydroxylation is 1. The van der Waals surface area contributed by atoms with Crippen molar-refractivity contribution in [2.45, 2.75) is 32.7 Å². The predicted molar refractivity (Wildman–Crippen MR) is 132 cm³/mol. The summed E-state index contributed by atoms with van der Waals surface area (Å²) in [6, 6.07) is 6.11. The number of carbonyl (C=O) groups excluding carboxylic acids is 2. The molecule has 0 fully saturated rings. The summed E-state index contributed by atoms with van der Waals surface area (Å²) in [5.41, 5.74) is 2.48. The fourth-order valence-corrected chi connectivity index (χ4v) is 6.22. The number of amides is 2. The van der Waals surface area contributed by atoms with Crippen molar-refractivity contribution in [3.8, 4) is 6.07 Å². The van der Waals surface area contributed by atoms with Crippen LogP contribution < -0.4 is 10.6 Å². The van der Waals surface area contributed by atoms with E-state index in [2.05, 4.69) is 21.7 Å². The molecule has 0 spiro atoms. The Kier molecular flexibility index (Phi) is 7.54. The average Bonchev–Trinajstić information content (AvgIpc) is 3.54. The molecule has 0 saturated carbocycles. The Bertz CT molecular complexity index is 1200. The van der Waals surface area contributed by atoms with Crippen molar-refractivity contribution in [1.29, 1.82) is 5.26 Å². The molecule has 0 radical (unpaired) electrons. The third-order valence-electron chi connectivity index (χ3n) is 5.16. The molecule has 0 aromatic carbocycles. The Labute approximate surface area is 203 Å². The van der Waals surface area contributed by atoms with Crippen molar-refractivity contribution >= 4 is 57.1 Å². The molecule has 4 rings (SSSR count). The molecule has 2 N–H and O–H groups in total. The maximum absolute atomic E-state index is 12.3. The number of hydrogen-bond donors (Lipinski definition) is 2. The molecule has 3 aromatic rings. The van der Waals surface area contributed by atoms with E-state index in [0.717, 1.165) is 38.9 Å². The minimum atomic E-state index is -0.456. The summed E-state index contributed by atoms with van der Waals surface area (Å²) in [5.74, 6) is -0.0803. The van der Waals surface area contributed by atoms with Crippen LogP contribution in [0.1, 0.15) is 38.0 Å². The van der Waals surface area contributed by atoms with E-state index in [4.69, 9.17) is 4.74 Å². The lowest BCUT2D eigenvalue weighted by atomic mass is 9.88. The molecule has 0 saturated heterocycles. The Morgan fingerprint density at radius 2 is 2.27 bits per heavy atom. The molecule has 7 nitrogen and oxygen atoms in total. The number of thiazole rings is 1. The van der Waals surface area contributed by atoms with Crippen LogP contribution in [0.2, 0.25) is 0 Å². The van der Waals surface area contributed by atoms with Crippen LogP contribution in [0.3, 0.4) is 0 Å². The van der Waals surface area contributed by atoms with Gasteiger partial charge < -0.3 is 15.4 Å². The Morgan fingerprint density at radius 3 is 3.00 bits per heavy atom. The van der Waals surface area contributed by atoms with E-state index >= 15 is 0 Å². The molecule has 170 valence electrons. The zero-order chi connectivity index (χ0) is 23.2. The molecule has 3 aromatic heterocycles. The van der Waals surface area contributed by atoms with Gasteiger partial charge in [0.25, 0.3) is 0 Å². The second-order valence-corrected chi connectivity index (χ2v) is 10.6. The number of rotatable bonds is 7. The van der Waals surface area contributed by atoms with Gasteiger partial charge in [-0.2, -0.15) is 5.26 Å². The van der Waals surface area contributed by atoms with Crippen LogP contribution in [0, 0.1) is 24.2 Å². The highest BCUT2D eigenvalue weighted by Crippen LogP contribution is 2.39. The van der Waals surface area contributed by atoms with Crippen LogP contribution in [0.5, 0.6) is 0 Å². The number of fused-ring (bicyclic) bond motifs is 1. The first kappa shape index (κ1) is 23.2. The van der Waals surface area contributed by atoms with Gasteiger partial charge in [0.2, 0.25) is 5.91 Å². The SMILES string of the molecule is Cc1csc(CNC(=O)OCC2CCc3c(sc(NC(=O)/C=C/c4cccs4)c3C#N)C2)n1. The van der Waals surface area contributed by atoms with Gasteiger partial charge in [-0.3, -0.25) is 4.79 Å². The first-order chi connectivity index (χ1) is 16.0. The Morgan fingerprint density at radius 1 is 1.39 bits per heavy atom. The minimum absolute atomic E-state index is 0.179. The summed E-state index contributed by atoms with van der Waals surface area (Å²) in [6.45, 7) is 2.58. The summed E-state index contributed by atoms with van der Waals surface area (Å²) >= 11 is 4.49. The number of nitriles is 1. The summed E-state index contributed by atoms with van der Waals surface area (Å²) in [5, 5.41) is 20.6. The Balaban J connectivity index is 1.31. The molecule has 2 amide bonds. The molecule has 33 heavy (non-hydrogen) atoms. The number of anilines is 1. The number of nitrogens with one attached hydrogen (secondary N) is 2. The highest BCUT2D eigenvalue weighted by molar-refractivity contribution is 7.16. The second kappa shape index (κ2) is 10.7. The van der Waals surface area contributed by atoms with Crippen LogP contribution >= 0.6 is 34.0 Å². The number of alkyl carbamates (subject to hydrolysis) is 1. The highest BCUT2D eigenvalue weighted by Gasteiger charge is 2.27. The topological polar surface area (TPSA) is 104 Å². The van der Waals surface area contributed by atoms with Crippen molar-refractivity contribution in [1.82, 2.24) is 10.3 Å². The molecule has 3 heterocycles. The van der Waals surface area contributed by atoms with Crippen LogP contribution in [0.4, 0.5) is 9.80 Å². The summed E-state index contributed by atoms with van der Waals surface area (Å²) < 4.78 is 5.41. The summed E-state index contributed by atoms with van der Waals surface area (Å²) in [4.78, 5) is 30.7.